The van der Waals surface area contributed by atoms with Gasteiger partial charge in [-0.3, -0.25) is 9.59 Å². The van der Waals surface area contributed by atoms with Gasteiger partial charge in [-0.25, -0.2) is 0 Å². The van der Waals surface area contributed by atoms with Crippen LogP contribution in [0.5, 0.6) is 5.75 Å². The fraction of sp³-hybridized carbons (Fsp3) is 0.500. The minimum Gasteiger partial charge on any atom is -0.497 e. The van der Waals surface area contributed by atoms with Crippen molar-refractivity contribution in [2.24, 2.45) is 5.92 Å². The molecule has 2 aliphatic rings. The number of likely N-dealkylation sites (tertiary alicyclic amines) is 1. The molecule has 8 heteroatoms. The van der Waals surface area contributed by atoms with Crippen molar-refractivity contribution in [3.63, 3.8) is 0 Å². The summed E-state index contributed by atoms with van der Waals surface area (Å²) in [6.07, 6.45) is 3.49. The maximum atomic E-state index is 12.6. The van der Waals surface area contributed by atoms with E-state index in [0.29, 0.717) is 49.1 Å². The first kappa shape index (κ1) is 18.5. The van der Waals surface area contributed by atoms with E-state index in [1.165, 1.54) is 0 Å². The number of amides is 2. The molecule has 1 aliphatic heterocycles. The van der Waals surface area contributed by atoms with E-state index in [1.54, 1.807) is 36.3 Å². The van der Waals surface area contributed by atoms with Crippen LogP contribution in [0.1, 0.15) is 53.7 Å². The minimum absolute atomic E-state index is 0.0130. The first-order valence-corrected chi connectivity index (χ1v) is 9.67. The Kier molecular flexibility index (Phi) is 5.27. The van der Waals surface area contributed by atoms with Crippen LogP contribution in [0, 0.1) is 5.92 Å². The number of rotatable bonds is 6. The number of methoxy groups -OCH3 is 1. The molecule has 2 fully saturated rings. The third kappa shape index (κ3) is 4.16. The van der Waals surface area contributed by atoms with E-state index >= 15 is 0 Å². The van der Waals surface area contributed by atoms with Gasteiger partial charge in [0.2, 0.25) is 11.8 Å². The van der Waals surface area contributed by atoms with Crippen molar-refractivity contribution in [1.82, 2.24) is 20.4 Å². The molecular formula is C20H24N4O4. The highest BCUT2D eigenvalue weighted by molar-refractivity contribution is 5.94. The molecule has 2 aromatic rings. The lowest BCUT2D eigenvalue weighted by molar-refractivity contribution is -0.126. The Hall–Kier alpha value is -2.90. The zero-order valence-corrected chi connectivity index (χ0v) is 15.9. The first-order chi connectivity index (χ1) is 13.6. The third-order valence-electron chi connectivity index (χ3n) is 5.32. The summed E-state index contributed by atoms with van der Waals surface area (Å²) >= 11 is 0. The van der Waals surface area contributed by atoms with Crippen LogP contribution in [0.3, 0.4) is 0 Å². The van der Waals surface area contributed by atoms with Crippen LogP contribution in [0.15, 0.2) is 28.8 Å². The zero-order chi connectivity index (χ0) is 19.5. The number of nitrogens with zero attached hydrogens (tertiary/aromatic N) is 3. The van der Waals surface area contributed by atoms with Gasteiger partial charge in [0.15, 0.2) is 5.82 Å². The number of benzene rings is 1. The summed E-state index contributed by atoms with van der Waals surface area (Å²) in [6, 6.07) is 7.08. The van der Waals surface area contributed by atoms with Crippen LogP contribution in [-0.2, 0) is 11.3 Å². The van der Waals surface area contributed by atoms with Crippen LogP contribution in [-0.4, -0.2) is 47.1 Å². The van der Waals surface area contributed by atoms with Gasteiger partial charge in [0, 0.05) is 30.5 Å². The van der Waals surface area contributed by atoms with Crippen LogP contribution in [0.2, 0.25) is 0 Å². The van der Waals surface area contributed by atoms with Crippen LogP contribution < -0.4 is 10.1 Å². The van der Waals surface area contributed by atoms with Gasteiger partial charge in [-0.05, 0) is 49.9 Å². The van der Waals surface area contributed by atoms with E-state index in [9.17, 15) is 9.59 Å². The number of hydrogen-bond donors (Lipinski definition) is 1. The van der Waals surface area contributed by atoms with Crippen molar-refractivity contribution < 1.29 is 18.8 Å². The summed E-state index contributed by atoms with van der Waals surface area (Å²) in [5, 5.41) is 6.80. The predicted molar refractivity (Wildman–Crippen MR) is 99.7 cm³/mol. The lowest BCUT2D eigenvalue weighted by atomic mass is 9.95. The number of nitrogens with one attached hydrogen (secondary N) is 1. The van der Waals surface area contributed by atoms with Crippen molar-refractivity contribution >= 4 is 11.8 Å². The molecule has 8 nitrogen and oxygen atoms in total. The number of ether oxygens (including phenoxy) is 1. The van der Waals surface area contributed by atoms with Gasteiger partial charge in [-0.15, -0.1) is 0 Å². The van der Waals surface area contributed by atoms with Crippen molar-refractivity contribution in [2.75, 3.05) is 20.2 Å². The smallest absolute Gasteiger partial charge is 0.253 e. The summed E-state index contributed by atoms with van der Waals surface area (Å²) in [6.45, 7) is 1.41. The molecule has 2 amide bonds. The van der Waals surface area contributed by atoms with E-state index in [1.807, 2.05) is 0 Å². The molecule has 2 heterocycles. The van der Waals surface area contributed by atoms with E-state index in [4.69, 9.17) is 9.26 Å². The SMILES string of the molecule is COc1ccc(C(=O)N2CCC(C(=O)NCc3noc(C4CC4)n3)CC2)cc1. The number of carbonyl (C=O) groups excluding carboxylic acids is 2. The Labute approximate surface area is 163 Å². The predicted octanol–water partition coefficient (Wildman–Crippen LogP) is 2.12. The van der Waals surface area contributed by atoms with Gasteiger partial charge < -0.3 is 19.5 Å². The molecule has 0 spiro atoms. The van der Waals surface area contributed by atoms with Crippen LogP contribution in [0.4, 0.5) is 0 Å². The molecule has 0 unspecified atom stereocenters. The molecule has 0 radical (unpaired) electrons. The molecule has 1 aliphatic carbocycles. The summed E-state index contributed by atoms with van der Waals surface area (Å²) < 4.78 is 10.3. The summed E-state index contributed by atoms with van der Waals surface area (Å²) in [4.78, 5) is 31.1. The van der Waals surface area contributed by atoms with Gasteiger partial charge in [0.25, 0.3) is 5.91 Å². The molecule has 1 saturated heterocycles. The van der Waals surface area contributed by atoms with E-state index in [2.05, 4.69) is 15.5 Å². The highest BCUT2D eigenvalue weighted by atomic mass is 16.5. The molecule has 4 rings (SSSR count). The molecule has 1 N–H and O–H groups in total. The first-order valence-electron chi connectivity index (χ1n) is 9.67. The van der Waals surface area contributed by atoms with Crippen molar-refractivity contribution in [3.8, 4) is 5.75 Å². The van der Waals surface area contributed by atoms with Crippen molar-refractivity contribution in [1.29, 1.82) is 0 Å². The van der Waals surface area contributed by atoms with Crippen molar-refractivity contribution in [2.45, 2.75) is 38.1 Å². The van der Waals surface area contributed by atoms with E-state index in [0.717, 1.165) is 18.6 Å². The largest absolute Gasteiger partial charge is 0.497 e. The maximum Gasteiger partial charge on any atom is 0.253 e. The summed E-state index contributed by atoms with van der Waals surface area (Å²) in [7, 11) is 1.59. The van der Waals surface area contributed by atoms with Crippen molar-refractivity contribution in [3.05, 3.63) is 41.5 Å². The number of hydrogen-bond acceptors (Lipinski definition) is 6. The second-order valence-corrected chi connectivity index (χ2v) is 7.34. The molecule has 1 aromatic carbocycles. The number of carbonyl (C=O) groups is 2. The maximum absolute atomic E-state index is 12.6. The molecule has 0 atom stereocenters. The minimum atomic E-state index is -0.102. The molecule has 0 bridgehead atoms. The molecule has 28 heavy (non-hydrogen) atoms. The van der Waals surface area contributed by atoms with E-state index < -0.39 is 0 Å². The fourth-order valence-corrected chi connectivity index (χ4v) is 3.41. The Morgan fingerprint density at radius 3 is 2.54 bits per heavy atom. The zero-order valence-electron chi connectivity index (χ0n) is 15.9. The highest BCUT2D eigenvalue weighted by Crippen LogP contribution is 2.38. The van der Waals surface area contributed by atoms with Gasteiger partial charge in [0.05, 0.1) is 13.7 Å². The highest BCUT2D eigenvalue weighted by Gasteiger charge is 2.30. The second-order valence-electron chi connectivity index (χ2n) is 7.34. The van der Waals surface area contributed by atoms with Gasteiger partial charge >= 0.3 is 0 Å². The number of piperidine rings is 1. The van der Waals surface area contributed by atoms with Gasteiger partial charge in [0.1, 0.15) is 5.75 Å². The average molecular weight is 384 g/mol. The normalized spacial score (nSPS) is 17.4. The monoisotopic (exact) mass is 384 g/mol. The lowest BCUT2D eigenvalue weighted by Crippen LogP contribution is -2.43. The topological polar surface area (TPSA) is 97.6 Å². The summed E-state index contributed by atoms with van der Waals surface area (Å²) in [5.74, 6) is 2.18. The Bertz CT molecular complexity index is 836. The molecule has 1 aromatic heterocycles. The second kappa shape index (κ2) is 8.00. The third-order valence-corrected chi connectivity index (χ3v) is 5.32. The number of aromatic nitrogens is 2. The Morgan fingerprint density at radius 1 is 1.18 bits per heavy atom. The van der Waals surface area contributed by atoms with Crippen LogP contribution >= 0.6 is 0 Å². The Morgan fingerprint density at radius 2 is 1.89 bits per heavy atom. The molecule has 1 saturated carbocycles. The van der Waals surface area contributed by atoms with E-state index in [-0.39, 0.29) is 24.3 Å². The fourth-order valence-electron chi connectivity index (χ4n) is 3.41. The standard InChI is InChI=1S/C20H24N4O4/c1-27-16-6-4-15(5-7-16)20(26)24-10-8-13(9-11-24)18(25)21-12-17-22-19(28-23-17)14-2-3-14/h4-7,13-14H,2-3,8-12H2,1H3,(H,21,25). The van der Waals surface area contributed by atoms with Crippen LogP contribution in [0.25, 0.3) is 0 Å². The van der Waals surface area contributed by atoms with Gasteiger partial charge in [-0.1, -0.05) is 5.16 Å². The average Bonchev–Trinajstić information content (AvgIpc) is 3.49. The Balaban J connectivity index is 1.24. The van der Waals surface area contributed by atoms with Gasteiger partial charge in [-0.2, -0.15) is 4.98 Å². The lowest BCUT2D eigenvalue weighted by Gasteiger charge is -2.31. The molecular weight excluding hydrogens is 360 g/mol. The quantitative estimate of drug-likeness (QED) is 0.819. The summed E-state index contributed by atoms with van der Waals surface area (Å²) in [5.41, 5.74) is 0.632. The molecule has 148 valence electrons.